The maximum Gasteiger partial charge on any atom is 0.341 e. The van der Waals surface area contributed by atoms with E-state index in [-0.39, 0.29) is 65.2 Å². The van der Waals surface area contributed by atoms with E-state index in [1.807, 2.05) is 30.5 Å². The van der Waals surface area contributed by atoms with Crippen molar-refractivity contribution < 1.29 is 75.9 Å². The molecule has 1 radical (unpaired) electrons. The van der Waals surface area contributed by atoms with Gasteiger partial charge in [-0.2, -0.15) is 20.4 Å². The van der Waals surface area contributed by atoms with Crippen LogP contribution in [-0.2, 0) is 77.8 Å². The molecular formula is C42H46N12O9Y. The van der Waals surface area contributed by atoms with Gasteiger partial charge in [0.1, 0.15) is 22.3 Å². The van der Waals surface area contributed by atoms with Gasteiger partial charge in [0.15, 0.2) is 0 Å². The number of aromatic nitrogens is 8. The van der Waals surface area contributed by atoms with Crippen LogP contribution in [0.3, 0.4) is 0 Å². The second-order valence-corrected chi connectivity index (χ2v) is 12.8. The van der Waals surface area contributed by atoms with Gasteiger partial charge in [-0.3, -0.25) is 0 Å². The average Bonchev–Trinajstić information content (AvgIpc) is 4.14. The van der Waals surface area contributed by atoms with Crippen molar-refractivity contribution in [3.63, 3.8) is 0 Å². The van der Waals surface area contributed by atoms with Crippen molar-refractivity contribution in [3.8, 4) is 0 Å². The van der Waals surface area contributed by atoms with Crippen LogP contribution in [0.25, 0.3) is 32.5 Å². The number of carbonyl (C=O) groups is 4. The van der Waals surface area contributed by atoms with Gasteiger partial charge in [0.2, 0.25) is 0 Å². The molecule has 0 aliphatic heterocycles. The zero-order valence-electron chi connectivity index (χ0n) is 34.9. The SMILES string of the molecule is C.CCc1ccn2ncc(C(=O)OC)c2c1.COC(=O)c1cnn2ccc(CN)cc12.COC(=O)c1cnn2ccc(CN=[N+]=[N-])cc12.COC(=O)c1cnn2ccc(CO)cc12.[Y]. The molecule has 22 heteroatoms. The van der Waals surface area contributed by atoms with Crippen LogP contribution in [0, 0.1) is 0 Å². The number of rotatable bonds is 9. The summed E-state index contributed by atoms with van der Waals surface area (Å²) >= 11 is 0. The van der Waals surface area contributed by atoms with Gasteiger partial charge in [-0.05, 0) is 82.7 Å². The minimum atomic E-state index is -0.444. The van der Waals surface area contributed by atoms with Crippen LogP contribution in [0.5, 0.6) is 0 Å². The minimum absolute atomic E-state index is 0. The Hall–Kier alpha value is -7.03. The van der Waals surface area contributed by atoms with Crippen molar-refractivity contribution in [3.05, 3.63) is 153 Å². The Morgan fingerprint density at radius 1 is 0.609 bits per heavy atom. The molecule has 0 spiro atoms. The first-order valence-electron chi connectivity index (χ1n) is 18.5. The summed E-state index contributed by atoms with van der Waals surface area (Å²) in [4.78, 5) is 48.3. The first kappa shape index (κ1) is 51.3. The number of pyridine rings is 4. The molecular weight excluding hydrogens is 905 g/mol. The topological polar surface area (TPSA) is 269 Å². The molecule has 0 unspecified atom stereocenters. The molecule has 3 N–H and O–H groups in total. The molecule has 0 saturated carbocycles. The molecule has 0 aromatic carbocycles. The number of aliphatic hydroxyl groups excluding tert-OH is 1. The Morgan fingerprint density at radius 2 is 0.922 bits per heavy atom. The summed E-state index contributed by atoms with van der Waals surface area (Å²) in [5.74, 6) is -1.61. The third kappa shape index (κ3) is 12.1. The number of carbonyl (C=O) groups excluding carboxylic acids is 4. The minimum Gasteiger partial charge on any atom is -0.465 e. The number of hydrogen-bond donors (Lipinski definition) is 2. The summed E-state index contributed by atoms with van der Waals surface area (Å²) < 4.78 is 25.0. The molecule has 0 fully saturated rings. The Kier molecular flexibility index (Phi) is 19.7. The average molecular weight is 952 g/mol. The molecule has 0 atom stereocenters. The third-order valence-electron chi connectivity index (χ3n) is 9.11. The molecule has 8 aromatic rings. The predicted octanol–water partition coefficient (Wildman–Crippen LogP) is 5.44. The van der Waals surface area contributed by atoms with E-state index in [0.717, 1.165) is 28.6 Å². The summed E-state index contributed by atoms with van der Waals surface area (Å²) in [7, 11) is 5.35. The van der Waals surface area contributed by atoms with Crippen LogP contribution in [-0.4, -0.2) is 95.9 Å². The maximum atomic E-state index is 11.5. The summed E-state index contributed by atoms with van der Waals surface area (Å²) in [6.07, 6.45) is 13.8. The number of aryl methyl sites for hydroxylation is 1. The summed E-state index contributed by atoms with van der Waals surface area (Å²) in [5, 5.41) is 28.6. The summed E-state index contributed by atoms with van der Waals surface area (Å²) in [6, 6.07) is 14.6. The fourth-order valence-electron chi connectivity index (χ4n) is 5.82. The van der Waals surface area contributed by atoms with Gasteiger partial charge in [-0.1, -0.05) is 19.5 Å². The van der Waals surface area contributed by atoms with Crippen LogP contribution in [0.15, 0.2) is 103 Å². The number of nitrogens with zero attached hydrogens (tertiary/aromatic N) is 11. The molecule has 0 bridgehead atoms. The standard InChI is InChI=1S/C11H12N2O2.C10H9N5O2.C10H11N3O2.C10H10N2O3.CH4.Y/c1-3-8-4-5-13-10(6-8)9(7-12-13)11(14)15-2;1-17-10(16)8-6-13-15-3-2-7(4-9(8)15)5-12-14-11;1-15-10(14)8-6-12-13-3-2-7(5-11)4-9(8)13;1-15-10(14)8-5-11-12-3-2-7(6-13)4-9(8)12;;/h4-7H,3H2,1-2H3;2-4,6H,5H2,1H3;2-4,6H,5,11H2,1H3;2-5,13H,6H2,1H3;1H4;. The zero-order chi connectivity index (χ0) is 44.8. The van der Waals surface area contributed by atoms with Gasteiger partial charge in [0, 0.05) is 69.0 Å². The normalized spacial score (nSPS) is 10.0. The molecule has 0 aliphatic carbocycles. The van der Waals surface area contributed by atoms with Gasteiger partial charge in [-0.25, -0.2) is 37.2 Å². The van der Waals surface area contributed by atoms with Crippen LogP contribution in [0.4, 0.5) is 0 Å². The Labute approximate surface area is 391 Å². The molecule has 64 heavy (non-hydrogen) atoms. The van der Waals surface area contributed by atoms with Crippen LogP contribution < -0.4 is 5.73 Å². The number of fused-ring (bicyclic) bond motifs is 4. The van der Waals surface area contributed by atoms with E-state index in [4.69, 9.17) is 16.4 Å². The summed E-state index contributed by atoms with van der Waals surface area (Å²) in [5.41, 5.74) is 21.9. The van der Waals surface area contributed by atoms with Gasteiger partial charge < -0.3 is 29.8 Å². The fourth-order valence-corrected chi connectivity index (χ4v) is 5.82. The van der Waals surface area contributed by atoms with Crippen molar-refractivity contribution in [2.75, 3.05) is 28.4 Å². The number of methoxy groups -OCH3 is 4. The molecule has 331 valence electrons. The van der Waals surface area contributed by atoms with Crippen LogP contribution in [0.1, 0.15) is 78.0 Å². The predicted molar refractivity (Wildman–Crippen MR) is 229 cm³/mol. The Balaban J connectivity index is 0.000000225. The van der Waals surface area contributed by atoms with E-state index in [2.05, 4.69) is 56.3 Å². The molecule has 8 aromatic heterocycles. The third-order valence-corrected chi connectivity index (χ3v) is 9.11. The smallest absolute Gasteiger partial charge is 0.341 e. The summed E-state index contributed by atoms with van der Waals surface area (Å²) in [6.45, 7) is 2.67. The largest absolute Gasteiger partial charge is 0.465 e. The van der Waals surface area contributed by atoms with Crippen molar-refractivity contribution in [1.29, 1.82) is 0 Å². The first-order valence-corrected chi connectivity index (χ1v) is 18.5. The first-order chi connectivity index (χ1) is 30.0. The molecule has 0 aliphatic rings. The maximum absolute atomic E-state index is 11.5. The van der Waals surface area contributed by atoms with Gasteiger partial charge in [-0.15, -0.1) is 0 Å². The van der Waals surface area contributed by atoms with Gasteiger partial charge in [0.25, 0.3) is 0 Å². The van der Waals surface area contributed by atoms with Crippen molar-refractivity contribution in [1.82, 2.24) is 38.5 Å². The Bertz CT molecular complexity index is 2690. The van der Waals surface area contributed by atoms with Gasteiger partial charge in [0.05, 0.1) is 88.4 Å². The second-order valence-electron chi connectivity index (χ2n) is 12.8. The van der Waals surface area contributed by atoms with E-state index in [1.165, 1.54) is 58.8 Å². The number of nitrogens with two attached hydrogens (primary N) is 1. The zero-order valence-corrected chi connectivity index (χ0v) is 37.7. The molecule has 21 nitrogen and oxygen atoms in total. The van der Waals surface area contributed by atoms with E-state index >= 15 is 0 Å². The van der Waals surface area contributed by atoms with Gasteiger partial charge >= 0.3 is 23.9 Å². The molecule has 8 heterocycles. The van der Waals surface area contributed by atoms with E-state index in [9.17, 15) is 19.2 Å². The van der Waals surface area contributed by atoms with Crippen LogP contribution >= 0.6 is 0 Å². The monoisotopic (exact) mass is 951 g/mol. The van der Waals surface area contributed by atoms with Crippen molar-refractivity contribution in [2.24, 2.45) is 10.8 Å². The number of ether oxygens (including phenoxy) is 4. The molecule has 8 rings (SSSR count). The van der Waals surface area contributed by atoms with Crippen LogP contribution in [0.2, 0.25) is 0 Å². The van der Waals surface area contributed by atoms with Crippen molar-refractivity contribution >= 4 is 45.9 Å². The molecule has 0 amide bonds. The van der Waals surface area contributed by atoms with E-state index < -0.39 is 11.9 Å². The number of azide groups is 1. The quantitative estimate of drug-likeness (QED) is 0.0600. The second kappa shape index (κ2) is 24.6. The Morgan fingerprint density at radius 3 is 1.25 bits per heavy atom. The van der Waals surface area contributed by atoms with E-state index in [0.29, 0.717) is 45.3 Å². The number of esters is 4. The van der Waals surface area contributed by atoms with E-state index in [1.54, 1.807) is 60.9 Å². The fraction of sp³-hybridized carbons (Fsp3) is 0.238. The molecule has 0 saturated heterocycles. The number of aliphatic hydroxyl groups is 1. The van der Waals surface area contributed by atoms with Crippen molar-refractivity contribution in [2.45, 2.75) is 40.5 Å². The number of hydrogen-bond acceptors (Lipinski definition) is 15.